The van der Waals surface area contributed by atoms with Crippen molar-refractivity contribution in [3.05, 3.63) is 58.7 Å². The number of alkyl halides is 3. The summed E-state index contributed by atoms with van der Waals surface area (Å²) in [4.78, 5) is 26.0. The number of rotatable bonds is 12. The van der Waals surface area contributed by atoms with E-state index in [0.717, 1.165) is 37.7 Å². The van der Waals surface area contributed by atoms with Crippen LogP contribution in [0.25, 0.3) is 0 Å². The highest BCUT2D eigenvalue weighted by Crippen LogP contribution is 2.29. The molecule has 0 aliphatic heterocycles. The van der Waals surface area contributed by atoms with E-state index in [1.54, 1.807) is 13.8 Å². The summed E-state index contributed by atoms with van der Waals surface area (Å²) in [6, 6.07) is 5.94. The molecule has 0 saturated heterocycles. The van der Waals surface area contributed by atoms with Crippen LogP contribution in [0.15, 0.2) is 30.3 Å². The van der Waals surface area contributed by atoms with E-state index in [2.05, 4.69) is 16.0 Å². The van der Waals surface area contributed by atoms with Crippen molar-refractivity contribution in [1.29, 1.82) is 0 Å². The molecule has 0 fully saturated rings. The van der Waals surface area contributed by atoms with Crippen molar-refractivity contribution >= 4 is 27.5 Å². The number of aryl methyl sites for hydroxylation is 1. The number of hydrogen-bond acceptors (Lipinski definition) is 5. The van der Waals surface area contributed by atoms with Crippen molar-refractivity contribution < 1.29 is 35.6 Å². The molecule has 0 spiro atoms. The third kappa shape index (κ3) is 12.5. The number of hydrogen-bond donors (Lipinski definition) is 3. The second kappa shape index (κ2) is 15.4. The molecule has 0 saturated carbocycles. The minimum Gasteiger partial charge on any atom is -0.370 e. The van der Waals surface area contributed by atoms with E-state index in [0.29, 0.717) is 36.1 Å². The molecule has 0 radical (unpaired) electrons. The number of halogens is 4. The summed E-state index contributed by atoms with van der Waals surface area (Å²) >= 11 is 0. The highest BCUT2D eigenvalue weighted by atomic mass is 32.2. The molecule has 8 nitrogen and oxygen atoms in total. The van der Waals surface area contributed by atoms with Gasteiger partial charge in [0.25, 0.3) is 0 Å². The molecule has 1 aromatic heterocycles. The summed E-state index contributed by atoms with van der Waals surface area (Å²) in [5.41, 5.74) is 4.55. The third-order valence-corrected chi connectivity index (χ3v) is 6.20. The van der Waals surface area contributed by atoms with Crippen LogP contribution in [0, 0.1) is 5.82 Å². The van der Waals surface area contributed by atoms with Crippen LogP contribution in [-0.2, 0) is 38.8 Å². The number of pyridine rings is 1. The van der Waals surface area contributed by atoms with Crippen molar-refractivity contribution in [2.75, 3.05) is 11.0 Å². The van der Waals surface area contributed by atoms with Crippen LogP contribution in [0.4, 0.5) is 23.2 Å². The third-order valence-electron chi connectivity index (χ3n) is 5.61. The maximum atomic E-state index is 14.3. The second-order valence-corrected chi connectivity index (χ2v) is 10.7. The Morgan fingerprint density at radius 1 is 1.08 bits per heavy atom. The molecule has 4 N–H and O–H groups in total. The Hall–Kier alpha value is -3.22. The summed E-state index contributed by atoms with van der Waals surface area (Å²) in [6.45, 7) is 5.28. The van der Waals surface area contributed by atoms with Gasteiger partial charge in [0.1, 0.15) is 11.5 Å². The molecule has 1 aromatic carbocycles. The first-order chi connectivity index (χ1) is 18.1. The maximum Gasteiger partial charge on any atom is 0.433 e. The number of carbonyl (C=O) groups excluding carboxylic acids is 2. The van der Waals surface area contributed by atoms with Crippen LogP contribution in [0.1, 0.15) is 81.3 Å². The SMILES string of the molecule is CCC(N)=O.CCCCCCc1nc(C(F)(F)F)ccc1CNC(=O)C(C)c1ccc(NS(C)(=O)=O)c(F)c1. The molecule has 2 aromatic rings. The Bertz CT molecular complexity index is 1220. The number of benzene rings is 1. The van der Waals surface area contributed by atoms with Gasteiger partial charge < -0.3 is 11.1 Å². The number of primary amides is 1. The molecular weight excluding hydrogens is 540 g/mol. The number of nitrogens with one attached hydrogen (secondary N) is 2. The molecule has 1 unspecified atom stereocenters. The van der Waals surface area contributed by atoms with Gasteiger partial charge in [-0.05, 0) is 49.1 Å². The smallest absolute Gasteiger partial charge is 0.370 e. The van der Waals surface area contributed by atoms with Crippen molar-refractivity contribution in [1.82, 2.24) is 10.3 Å². The molecule has 2 amide bonds. The number of carbonyl (C=O) groups is 2. The Kier molecular flexibility index (Phi) is 13.3. The second-order valence-electron chi connectivity index (χ2n) is 8.98. The molecule has 0 bridgehead atoms. The zero-order valence-corrected chi connectivity index (χ0v) is 23.3. The Labute approximate surface area is 226 Å². The fourth-order valence-corrected chi connectivity index (χ4v) is 3.92. The van der Waals surface area contributed by atoms with Gasteiger partial charge in [0.2, 0.25) is 21.8 Å². The Morgan fingerprint density at radius 3 is 2.23 bits per heavy atom. The number of anilines is 1. The fraction of sp³-hybridized carbons (Fsp3) is 0.500. The standard InChI is InChI=1S/C23H29F4N3O3S.C3H7NO/c1-4-5-6-7-8-19-17(10-12-21(29-19)23(25,26)27)14-28-22(31)15(2)16-9-11-20(18(24)13-16)30-34(3,32)33;1-2-3(4)5/h9-13,15,30H,4-8,14H2,1-3H3,(H,28,31);2H2,1H3,(H2,4,5). The van der Waals surface area contributed by atoms with E-state index < -0.39 is 39.5 Å². The van der Waals surface area contributed by atoms with Gasteiger partial charge >= 0.3 is 6.18 Å². The van der Waals surface area contributed by atoms with Gasteiger partial charge in [-0.1, -0.05) is 45.2 Å². The molecule has 1 atom stereocenters. The molecule has 0 aliphatic carbocycles. The van der Waals surface area contributed by atoms with Crippen LogP contribution < -0.4 is 15.8 Å². The average molecular weight is 577 g/mol. The fourth-order valence-electron chi connectivity index (χ4n) is 3.35. The number of nitrogens with two attached hydrogens (primary N) is 1. The van der Waals surface area contributed by atoms with Gasteiger partial charge in [-0.25, -0.2) is 17.8 Å². The average Bonchev–Trinajstić information content (AvgIpc) is 2.85. The highest BCUT2D eigenvalue weighted by Gasteiger charge is 2.33. The molecular formula is C26H36F4N4O4S. The lowest BCUT2D eigenvalue weighted by Gasteiger charge is -2.16. The summed E-state index contributed by atoms with van der Waals surface area (Å²) in [5, 5.41) is 2.68. The first kappa shape index (κ1) is 33.8. The molecule has 218 valence electrons. The summed E-state index contributed by atoms with van der Waals surface area (Å²) in [6.07, 6.45) is 0.659. The zero-order valence-electron chi connectivity index (χ0n) is 22.5. The van der Waals surface area contributed by atoms with E-state index in [4.69, 9.17) is 0 Å². The van der Waals surface area contributed by atoms with Crippen molar-refractivity contribution in [3.63, 3.8) is 0 Å². The van der Waals surface area contributed by atoms with E-state index in [9.17, 15) is 35.6 Å². The van der Waals surface area contributed by atoms with Crippen molar-refractivity contribution in [3.8, 4) is 0 Å². The van der Waals surface area contributed by atoms with E-state index in [-0.39, 0.29) is 18.1 Å². The maximum absolute atomic E-state index is 14.3. The number of nitrogens with zero attached hydrogens (tertiary/aromatic N) is 1. The predicted molar refractivity (Wildman–Crippen MR) is 142 cm³/mol. The number of amides is 2. The van der Waals surface area contributed by atoms with E-state index in [1.807, 2.05) is 11.6 Å². The zero-order chi connectivity index (χ0) is 29.8. The quantitative estimate of drug-likeness (QED) is 0.241. The van der Waals surface area contributed by atoms with Crippen LogP contribution in [0.5, 0.6) is 0 Å². The minimum atomic E-state index is -4.56. The lowest BCUT2D eigenvalue weighted by atomic mass is 9.99. The van der Waals surface area contributed by atoms with Crippen molar-refractivity contribution in [2.24, 2.45) is 5.73 Å². The molecule has 1 heterocycles. The molecule has 0 aliphatic rings. The summed E-state index contributed by atoms with van der Waals surface area (Å²) < 4.78 is 78.2. The van der Waals surface area contributed by atoms with Gasteiger partial charge in [-0.15, -0.1) is 0 Å². The van der Waals surface area contributed by atoms with E-state index >= 15 is 0 Å². The van der Waals surface area contributed by atoms with Crippen LogP contribution in [0.2, 0.25) is 0 Å². The normalized spacial score (nSPS) is 12.2. The number of aromatic nitrogens is 1. The van der Waals surface area contributed by atoms with Gasteiger partial charge in [0.05, 0.1) is 17.9 Å². The van der Waals surface area contributed by atoms with Gasteiger partial charge in [-0.3, -0.25) is 14.3 Å². The van der Waals surface area contributed by atoms with Gasteiger partial charge in [-0.2, -0.15) is 13.2 Å². The highest BCUT2D eigenvalue weighted by molar-refractivity contribution is 7.92. The van der Waals surface area contributed by atoms with Crippen LogP contribution in [-0.4, -0.2) is 31.5 Å². The van der Waals surface area contributed by atoms with Gasteiger partial charge in [0, 0.05) is 18.7 Å². The topological polar surface area (TPSA) is 131 Å². The molecule has 2 rings (SSSR count). The Balaban J connectivity index is 0.00000139. The summed E-state index contributed by atoms with van der Waals surface area (Å²) in [5.74, 6) is -2.31. The Morgan fingerprint density at radius 2 is 1.72 bits per heavy atom. The van der Waals surface area contributed by atoms with Gasteiger partial charge in [0.15, 0.2) is 0 Å². The number of unbranched alkanes of at least 4 members (excludes halogenated alkanes) is 3. The molecule has 39 heavy (non-hydrogen) atoms. The minimum absolute atomic E-state index is 0.0202. The predicted octanol–water partition coefficient (Wildman–Crippen LogP) is 5.04. The number of sulfonamides is 1. The monoisotopic (exact) mass is 576 g/mol. The van der Waals surface area contributed by atoms with Crippen molar-refractivity contribution in [2.45, 2.75) is 77.9 Å². The van der Waals surface area contributed by atoms with E-state index in [1.165, 1.54) is 18.2 Å². The van der Waals surface area contributed by atoms with Crippen LogP contribution >= 0.6 is 0 Å². The van der Waals surface area contributed by atoms with Crippen LogP contribution in [0.3, 0.4) is 0 Å². The largest absolute Gasteiger partial charge is 0.433 e. The first-order valence-electron chi connectivity index (χ1n) is 12.5. The first-order valence-corrected chi connectivity index (χ1v) is 14.4. The lowest BCUT2D eigenvalue weighted by molar-refractivity contribution is -0.141. The lowest BCUT2D eigenvalue weighted by Crippen LogP contribution is -2.28. The summed E-state index contributed by atoms with van der Waals surface area (Å²) in [7, 11) is -3.66. The molecule has 13 heteroatoms.